The van der Waals surface area contributed by atoms with Crippen LogP contribution >= 0.6 is 0 Å². The molecule has 0 aliphatic rings. The summed E-state index contributed by atoms with van der Waals surface area (Å²) >= 11 is 0. The second kappa shape index (κ2) is 4.44. The van der Waals surface area contributed by atoms with Crippen LogP contribution in [-0.4, -0.2) is 0 Å². The first-order valence-electron chi connectivity index (χ1n) is 2.87. The molecule has 0 aliphatic carbocycles. The van der Waals surface area contributed by atoms with Gasteiger partial charge >= 0.3 is 0 Å². The molecule has 10 heavy (non-hydrogen) atoms. The van der Waals surface area contributed by atoms with E-state index in [1.54, 1.807) is 24.3 Å². The van der Waals surface area contributed by atoms with Crippen molar-refractivity contribution in [3.8, 4) is 0 Å². The zero-order chi connectivity index (χ0) is 7.98. The summed E-state index contributed by atoms with van der Waals surface area (Å²) in [4.78, 5) is 0. The lowest BCUT2D eigenvalue weighted by molar-refractivity contribution is 1.35. The molecular formula is C8H12N2. The molecule has 0 aliphatic heterocycles. The third-order valence-electron chi connectivity index (χ3n) is 0.777. The summed E-state index contributed by atoms with van der Waals surface area (Å²) in [5, 5.41) is 0. The van der Waals surface area contributed by atoms with Crippen LogP contribution in [0.3, 0.4) is 0 Å². The van der Waals surface area contributed by atoms with Crippen molar-refractivity contribution < 1.29 is 0 Å². The predicted molar refractivity (Wildman–Crippen MR) is 44.9 cm³/mol. The Morgan fingerprint density at radius 1 is 1.30 bits per heavy atom. The fourth-order valence-electron chi connectivity index (χ4n) is 0.441. The van der Waals surface area contributed by atoms with Crippen LogP contribution in [0.1, 0.15) is 0 Å². The molecule has 0 bridgehead atoms. The minimum absolute atomic E-state index is 0.450. The molecule has 0 spiro atoms. The van der Waals surface area contributed by atoms with E-state index < -0.39 is 0 Å². The molecule has 54 valence electrons. The Hall–Kier alpha value is -1.44. The zero-order valence-corrected chi connectivity index (χ0v) is 5.88. The van der Waals surface area contributed by atoms with Crippen LogP contribution in [0, 0.1) is 0 Å². The Kier molecular flexibility index (Phi) is 3.80. The van der Waals surface area contributed by atoms with Crippen LogP contribution < -0.4 is 11.5 Å². The van der Waals surface area contributed by atoms with Crippen molar-refractivity contribution in [2.45, 2.75) is 0 Å². The highest BCUT2D eigenvalue weighted by atomic mass is 14.6. The number of hydrogen-bond acceptors (Lipinski definition) is 2. The van der Waals surface area contributed by atoms with Gasteiger partial charge in [0.25, 0.3) is 0 Å². The molecule has 0 aromatic carbocycles. The highest BCUT2D eigenvalue weighted by Gasteiger charge is 1.79. The number of nitrogens with two attached hydrogens (primary N) is 2. The second-order valence-electron chi connectivity index (χ2n) is 1.81. The molecule has 0 saturated heterocycles. The van der Waals surface area contributed by atoms with E-state index >= 15 is 0 Å². The Morgan fingerprint density at radius 3 is 2.30 bits per heavy atom. The summed E-state index contributed by atoms with van der Waals surface area (Å²) in [5.74, 6) is 0. The van der Waals surface area contributed by atoms with Crippen molar-refractivity contribution in [2.75, 3.05) is 0 Å². The summed E-state index contributed by atoms with van der Waals surface area (Å²) in [7, 11) is 0. The minimum atomic E-state index is 0.450. The van der Waals surface area contributed by atoms with Gasteiger partial charge in [-0.15, -0.1) is 0 Å². The summed E-state index contributed by atoms with van der Waals surface area (Å²) in [6.45, 7) is 6.95. The molecular weight excluding hydrogens is 124 g/mol. The number of allylic oxidation sites excluding steroid dienone is 4. The highest BCUT2D eigenvalue weighted by molar-refractivity contribution is 5.25. The van der Waals surface area contributed by atoms with Gasteiger partial charge < -0.3 is 11.5 Å². The van der Waals surface area contributed by atoms with Gasteiger partial charge in [0, 0.05) is 11.4 Å². The maximum atomic E-state index is 5.45. The minimum Gasteiger partial charge on any atom is -0.399 e. The van der Waals surface area contributed by atoms with E-state index in [1.165, 1.54) is 0 Å². The molecule has 0 aromatic rings. The first-order valence-corrected chi connectivity index (χ1v) is 2.87. The molecule has 0 radical (unpaired) electrons. The van der Waals surface area contributed by atoms with Crippen LogP contribution in [0.2, 0.25) is 0 Å². The number of hydrogen-bond donors (Lipinski definition) is 2. The fourth-order valence-corrected chi connectivity index (χ4v) is 0.441. The normalized spacial score (nSPS) is 11.8. The molecule has 0 rings (SSSR count). The van der Waals surface area contributed by atoms with Crippen molar-refractivity contribution in [3.05, 3.63) is 48.9 Å². The molecule has 4 N–H and O–H groups in total. The Morgan fingerprint density at radius 2 is 1.90 bits per heavy atom. The van der Waals surface area contributed by atoms with E-state index in [9.17, 15) is 0 Å². The smallest absolute Gasteiger partial charge is 0.0334 e. The molecule has 2 heteroatoms. The molecule has 0 amide bonds. The molecule has 0 saturated carbocycles. The van der Waals surface area contributed by atoms with Gasteiger partial charge in [-0.1, -0.05) is 25.3 Å². The Balaban J connectivity index is 4.06. The molecule has 0 atom stereocenters. The van der Waals surface area contributed by atoms with Gasteiger partial charge in [-0.25, -0.2) is 0 Å². The van der Waals surface area contributed by atoms with Crippen LogP contribution in [0.25, 0.3) is 0 Å². The van der Waals surface area contributed by atoms with E-state index in [-0.39, 0.29) is 0 Å². The first kappa shape index (κ1) is 8.56. The number of rotatable bonds is 3. The van der Waals surface area contributed by atoms with Crippen LogP contribution in [0.15, 0.2) is 48.9 Å². The van der Waals surface area contributed by atoms with Gasteiger partial charge in [-0.05, 0) is 12.2 Å². The van der Waals surface area contributed by atoms with Crippen LogP contribution in [0.5, 0.6) is 0 Å². The zero-order valence-electron chi connectivity index (χ0n) is 5.88. The molecule has 2 nitrogen and oxygen atoms in total. The van der Waals surface area contributed by atoms with E-state index in [4.69, 9.17) is 11.5 Å². The molecule has 0 heterocycles. The predicted octanol–water partition coefficient (Wildman–Crippen LogP) is 1.04. The van der Waals surface area contributed by atoms with Crippen molar-refractivity contribution in [1.29, 1.82) is 0 Å². The van der Waals surface area contributed by atoms with Crippen LogP contribution in [-0.2, 0) is 0 Å². The third kappa shape index (κ3) is 4.71. The molecule has 0 fully saturated rings. The van der Waals surface area contributed by atoms with E-state index in [1.807, 2.05) is 0 Å². The largest absolute Gasteiger partial charge is 0.399 e. The van der Waals surface area contributed by atoms with Crippen molar-refractivity contribution in [1.82, 2.24) is 0 Å². The van der Waals surface area contributed by atoms with E-state index in [2.05, 4.69) is 13.2 Å². The lowest BCUT2D eigenvalue weighted by Crippen LogP contribution is -1.97. The summed E-state index contributed by atoms with van der Waals surface area (Å²) < 4.78 is 0. The van der Waals surface area contributed by atoms with Crippen LogP contribution in [0.4, 0.5) is 0 Å². The third-order valence-corrected chi connectivity index (χ3v) is 0.777. The fraction of sp³-hybridized carbons (Fsp3) is 0. The molecule has 0 unspecified atom stereocenters. The second-order valence-corrected chi connectivity index (χ2v) is 1.81. The van der Waals surface area contributed by atoms with Gasteiger partial charge in [-0.2, -0.15) is 0 Å². The van der Waals surface area contributed by atoms with Crippen molar-refractivity contribution in [2.24, 2.45) is 11.5 Å². The first-order chi connectivity index (χ1) is 4.66. The molecule has 0 aromatic heterocycles. The Labute approximate surface area is 61.2 Å². The van der Waals surface area contributed by atoms with Gasteiger partial charge in [0.05, 0.1) is 0 Å². The quantitative estimate of drug-likeness (QED) is 0.569. The van der Waals surface area contributed by atoms with Crippen molar-refractivity contribution >= 4 is 0 Å². The van der Waals surface area contributed by atoms with Crippen molar-refractivity contribution in [3.63, 3.8) is 0 Å². The Bertz CT molecular complexity index is 187. The van der Waals surface area contributed by atoms with Gasteiger partial charge in [0.1, 0.15) is 0 Å². The maximum absolute atomic E-state index is 5.45. The standard InChI is InChI=1S/C8H12N2/c1-3-4-5-8(10)6-7(2)9/h3-6H,1-2,9-10H2/b5-4-,8-6+. The maximum Gasteiger partial charge on any atom is 0.0334 e. The van der Waals surface area contributed by atoms with Gasteiger partial charge in [0.2, 0.25) is 0 Å². The van der Waals surface area contributed by atoms with E-state index in [0.717, 1.165) is 0 Å². The lowest BCUT2D eigenvalue weighted by atomic mass is 10.3. The van der Waals surface area contributed by atoms with E-state index in [0.29, 0.717) is 11.4 Å². The van der Waals surface area contributed by atoms with Gasteiger partial charge in [0.15, 0.2) is 0 Å². The lowest BCUT2D eigenvalue weighted by Gasteiger charge is -1.90. The SMILES string of the molecule is C=C/C=C\C(N)=C/C(=C)N. The summed E-state index contributed by atoms with van der Waals surface area (Å²) in [6, 6.07) is 0. The average Bonchev–Trinajstić information content (AvgIpc) is 1.82. The topological polar surface area (TPSA) is 52.0 Å². The highest BCUT2D eigenvalue weighted by Crippen LogP contribution is 1.90. The monoisotopic (exact) mass is 136 g/mol. The summed E-state index contributed by atoms with van der Waals surface area (Å²) in [5.41, 5.74) is 11.7. The summed E-state index contributed by atoms with van der Waals surface area (Å²) in [6.07, 6.45) is 6.65. The average molecular weight is 136 g/mol. The van der Waals surface area contributed by atoms with Gasteiger partial charge in [-0.3, -0.25) is 0 Å².